The minimum Gasteiger partial charge on any atom is -0.361 e. The molecule has 0 saturated heterocycles. The van der Waals surface area contributed by atoms with E-state index in [1.54, 1.807) is 30.7 Å². The van der Waals surface area contributed by atoms with Gasteiger partial charge in [0.25, 0.3) is 5.91 Å². The second-order valence-corrected chi connectivity index (χ2v) is 6.04. The van der Waals surface area contributed by atoms with E-state index in [4.69, 9.17) is 0 Å². The Balaban J connectivity index is 1.86. The maximum Gasteiger partial charge on any atom is 0.258 e. The number of rotatable bonds is 5. The predicted octanol–water partition coefficient (Wildman–Crippen LogP) is 2.67. The van der Waals surface area contributed by atoms with Gasteiger partial charge in [0.1, 0.15) is 0 Å². The van der Waals surface area contributed by atoms with Crippen LogP contribution in [0, 0.1) is 0 Å². The van der Waals surface area contributed by atoms with Gasteiger partial charge in [-0.15, -0.1) is 0 Å². The average Bonchev–Trinajstić information content (AvgIpc) is 3.13. The molecule has 0 aliphatic carbocycles. The highest BCUT2D eigenvalue weighted by atomic mass is 16.2. The standard InChI is InChI=1S/C19H21N5O/c1-22(2)18-17(8-5-9-21-18)23(3)19(25)16-7-4-6-15(12-16)13-24-11-10-20-14-24/h4-12,14H,13H2,1-3H3. The third kappa shape index (κ3) is 3.68. The fourth-order valence-electron chi connectivity index (χ4n) is 2.69. The molecule has 0 spiro atoms. The summed E-state index contributed by atoms with van der Waals surface area (Å²) in [6.45, 7) is 0.681. The molecule has 6 heteroatoms. The summed E-state index contributed by atoms with van der Waals surface area (Å²) in [5.74, 6) is 0.691. The van der Waals surface area contributed by atoms with Crippen LogP contribution in [-0.4, -0.2) is 41.6 Å². The number of carbonyl (C=O) groups excluding carboxylic acids is 1. The van der Waals surface area contributed by atoms with Crippen LogP contribution < -0.4 is 9.80 Å². The van der Waals surface area contributed by atoms with E-state index >= 15 is 0 Å². The van der Waals surface area contributed by atoms with Gasteiger partial charge >= 0.3 is 0 Å². The Morgan fingerprint density at radius 2 is 1.96 bits per heavy atom. The largest absolute Gasteiger partial charge is 0.361 e. The van der Waals surface area contributed by atoms with E-state index in [1.807, 2.05) is 66.2 Å². The monoisotopic (exact) mass is 335 g/mol. The van der Waals surface area contributed by atoms with Crippen molar-refractivity contribution in [3.8, 4) is 0 Å². The SMILES string of the molecule is CN(C)c1ncccc1N(C)C(=O)c1cccc(Cn2ccnc2)c1. The highest BCUT2D eigenvalue weighted by Gasteiger charge is 2.18. The van der Waals surface area contributed by atoms with Crippen LogP contribution >= 0.6 is 0 Å². The van der Waals surface area contributed by atoms with Crippen LogP contribution in [0.1, 0.15) is 15.9 Å². The van der Waals surface area contributed by atoms with Crippen molar-refractivity contribution >= 4 is 17.4 Å². The molecule has 2 heterocycles. The molecule has 6 nitrogen and oxygen atoms in total. The second kappa shape index (κ2) is 7.17. The number of hydrogen-bond donors (Lipinski definition) is 0. The first-order chi connectivity index (χ1) is 12.1. The summed E-state index contributed by atoms with van der Waals surface area (Å²) in [6.07, 6.45) is 7.14. The zero-order chi connectivity index (χ0) is 17.8. The number of nitrogens with zero attached hydrogens (tertiary/aromatic N) is 5. The van der Waals surface area contributed by atoms with Crippen LogP contribution in [0.5, 0.6) is 0 Å². The Bertz CT molecular complexity index is 858. The Morgan fingerprint density at radius 3 is 2.68 bits per heavy atom. The molecular weight excluding hydrogens is 314 g/mol. The molecule has 0 fully saturated rings. The van der Waals surface area contributed by atoms with E-state index in [0.29, 0.717) is 12.1 Å². The fraction of sp³-hybridized carbons (Fsp3) is 0.211. The number of carbonyl (C=O) groups is 1. The van der Waals surface area contributed by atoms with Crippen molar-refractivity contribution in [3.63, 3.8) is 0 Å². The van der Waals surface area contributed by atoms with Gasteiger partial charge in [0.15, 0.2) is 5.82 Å². The molecule has 0 bridgehead atoms. The van der Waals surface area contributed by atoms with Crippen LogP contribution in [0.2, 0.25) is 0 Å². The van der Waals surface area contributed by atoms with E-state index in [-0.39, 0.29) is 5.91 Å². The lowest BCUT2D eigenvalue weighted by Crippen LogP contribution is -2.28. The quantitative estimate of drug-likeness (QED) is 0.719. The highest BCUT2D eigenvalue weighted by Crippen LogP contribution is 2.25. The third-order valence-electron chi connectivity index (χ3n) is 3.95. The Hall–Kier alpha value is -3.15. The number of pyridine rings is 1. The van der Waals surface area contributed by atoms with Crippen molar-refractivity contribution in [1.29, 1.82) is 0 Å². The molecule has 0 N–H and O–H groups in total. The summed E-state index contributed by atoms with van der Waals surface area (Å²) in [5, 5.41) is 0. The molecule has 128 valence electrons. The molecular formula is C19H21N5O. The van der Waals surface area contributed by atoms with Gasteiger partial charge in [0, 0.05) is 51.8 Å². The number of benzene rings is 1. The van der Waals surface area contributed by atoms with Gasteiger partial charge in [0.2, 0.25) is 0 Å². The van der Waals surface area contributed by atoms with Gasteiger partial charge < -0.3 is 14.4 Å². The van der Waals surface area contributed by atoms with Crippen LogP contribution in [0.25, 0.3) is 0 Å². The fourth-order valence-corrected chi connectivity index (χ4v) is 2.69. The summed E-state index contributed by atoms with van der Waals surface area (Å²) in [6, 6.07) is 11.4. The molecule has 0 radical (unpaired) electrons. The molecule has 1 amide bonds. The van der Waals surface area contributed by atoms with Gasteiger partial charge in [-0.3, -0.25) is 4.79 Å². The highest BCUT2D eigenvalue weighted by molar-refractivity contribution is 6.07. The first-order valence-corrected chi connectivity index (χ1v) is 8.01. The molecule has 0 aliphatic rings. The van der Waals surface area contributed by atoms with E-state index in [1.165, 1.54) is 0 Å². The predicted molar refractivity (Wildman–Crippen MR) is 99.1 cm³/mol. The number of aromatic nitrogens is 3. The van der Waals surface area contributed by atoms with Crippen molar-refractivity contribution in [2.45, 2.75) is 6.54 Å². The topological polar surface area (TPSA) is 54.3 Å². The van der Waals surface area contributed by atoms with Gasteiger partial charge in [-0.25, -0.2) is 9.97 Å². The lowest BCUT2D eigenvalue weighted by atomic mass is 10.1. The van der Waals surface area contributed by atoms with E-state index in [0.717, 1.165) is 17.1 Å². The van der Waals surface area contributed by atoms with E-state index in [9.17, 15) is 4.79 Å². The van der Waals surface area contributed by atoms with Crippen LogP contribution in [0.3, 0.4) is 0 Å². The Kier molecular flexibility index (Phi) is 4.79. The number of imidazole rings is 1. The maximum absolute atomic E-state index is 12.9. The van der Waals surface area contributed by atoms with E-state index < -0.39 is 0 Å². The van der Waals surface area contributed by atoms with E-state index in [2.05, 4.69) is 9.97 Å². The smallest absolute Gasteiger partial charge is 0.258 e. The van der Waals surface area contributed by atoms with Crippen LogP contribution in [0.4, 0.5) is 11.5 Å². The molecule has 25 heavy (non-hydrogen) atoms. The Labute approximate surface area is 147 Å². The summed E-state index contributed by atoms with van der Waals surface area (Å²) < 4.78 is 1.97. The van der Waals surface area contributed by atoms with Gasteiger partial charge in [-0.1, -0.05) is 12.1 Å². The molecule has 3 rings (SSSR count). The molecule has 0 saturated carbocycles. The maximum atomic E-state index is 12.9. The number of anilines is 2. The molecule has 0 aliphatic heterocycles. The minimum absolute atomic E-state index is 0.0661. The van der Waals surface area contributed by atoms with Crippen LogP contribution in [0.15, 0.2) is 61.3 Å². The first-order valence-electron chi connectivity index (χ1n) is 8.01. The zero-order valence-electron chi connectivity index (χ0n) is 14.6. The van der Waals surface area contributed by atoms with Crippen molar-refractivity contribution < 1.29 is 4.79 Å². The summed E-state index contributed by atoms with van der Waals surface area (Å²) in [7, 11) is 5.60. The number of amides is 1. The summed E-state index contributed by atoms with van der Waals surface area (Å²) in [4.78, 5) is 24.9. The average molecular weight is 335 g/mol. The van der Waals surface area contributed by atoms with Crippen molar-refractivity contribution in [2.75, 3.05) is 30.9 Å². The second-order valence-electron chi connectivity index (χ2n) is 6.04. The van der Waals surface area contributed by atoms with Gasteiger partial charge in [-0.2, -0.15) is 0 Å². The molecule has 0 unspecified atom stereocenters. The first kappa shape index (κ1) is 16.7. The van der Waals surface area contributed by atoms with Gasteiger partial charge in [0.05, 0.1) is 12.0 Å². The van der Waals surface area contributed by atoms with Gasteiger partial charge in [-0.05, 0) is 29.8 Å². The van der Waals surface area contributed by atoms with Crippen LogP contribution in [-0.2, 0) is 6.54 Å². The molecule has 2 aromatic heterocycles. The lowest BCUT2D eigenvalue weighted by molar-refractivity contribution is 0.0993. The minimum atomic E-state index is -0.0661. The zero-order valence-corrected chi connectivity index (χ0v) is 14.6. The summed E-state index contributed by atoms with van der Waals surface area (Å²) >= 11 is 0. The number of hydrogen-bond acceptors (Lipinski definition) is 4. The van der Waals surface area contributed by atoms with Crippen molar-refractivity contribution in [3.05, 3.63) is 72.4 Å². The van der Waals surface area contributed by atoms with Crippen molar-refractivity contribution in [2.24, 2.45) is 0 Å². The normalized spacial score (nSPS) is 10.5. The Morgan fingerprint density at radius 1 is 1.12 bits per heavy atom. The molecule has 3 aromatic rings. The molecule has 0 atom stereocenters. The summed E-state index contributed by atoms with van der Waals surface area (Å²) in [5.41, 5.74) is 2.47. The lowest BCUT2D eigenvalue weighted by Gasteiger charge is -2.23. The van der Waals surface area contributed by atoms with Crippen molar-refractivity contribution in [1.82, 2.24) is 14.5 Å². The molecule has 1 aromatic carbocycles. The third-order valence-corrected chi connectivity index (χ3v) is 3.95.